The fourth-order valence-corrected chi connectivity index (χ4v) is 3.50. The van der Waals surface area contributed by atoms with Crippen LogP contribution in [0.5, 0.6) is 5.75 Å². The lowest BCUT2D eigenvalue weighted by molar-refractivity contribution is 0.101. The van der Waals surface area contributed by atoms with Gasteiger partial charge in [-0.15, -0.1) is 0 Å². The first kappa shape index (κ1) is 21.8. The van der Waals surface area contributed by atoms with Crippen molar-refractivity contribution >= 4 is 32.7 Å². The topological polar surface area (TPSA) is 73.2 Å². The average Bonchev–Trinajstić information content (AvgIpc) is 2.82. The van der Waals surface area contributed by atoms with Crippen molar-refractivity contribution in [2.75, 3.05) is 12.0 Å². The van der Waals surface area contributed by atoms with E-state index in [1.165, 1.54) is 4.68 Å². The number of unbranched alkanes of at least 4 members (excludes halogenated alkanes) is 1. The van der Waals surface area contributed by atoms with Crippen molar-refractivity contribution in [1.82, 2.24) is 9.66 Å². The lowest BCUT2D eigenvalue weighted by Gasteiger charge is -2.15. The SMILES string of the molecule is CCCCOc1ccc(C(=O)Nn2c(-c3ccc(Br)cc3)nc3ccccc3c2=O)cc1. The van der Waals surface area contributed by atoms with Crippen LogP contribution >= 0.6 is 15.9 Å². The van der Waals surface area contributed by atoms with E-state index in [1.807, 2.05) is 30.3 Å². The predicted octanol–water partition coefficient (Wildman–Crippen LogP) is 5.39. The normalized spacial score (nSPS) is 10.8. The zero-order valence-corrected chi connectivity index (χ0v) is 19.1. The minimum Gasteiger partial charge on any atom is -0.494 e. The van der Waals surface area contributed by atoms with E-state index < -0.39 is 5.91 Å². The summed E-state index contributed by atoms with van der Waals surface area (Å²) in [6.45, 7) is 2.74. The molecular weight excluding hydrogens is 470 g/mol. The van der Waals surface area contributed by atoms with Gasteiger partial charge in [-0.1, -0.05) is 53.5 Å². The van der Waals surface area contributed by atoms with Crippen LogP contribution in [0.25, 0.3) is 22.3 Å². The van der Waals surface area contributed by atoms with Gasteiger partial charge in [0.1, 0.15) is 5.75 Å². The van der Waals surface area contributed by atoms with Gasteiger partial charge in [-0.25, -0.2) is 4.98 Å². The van der Waals surface area contributed by atoms with Gasteiger partial charge < -0.3 is 4.74 Å². The van der Waals surface area contributed by atoms with Gasteiger partial charge in [0, 0.05) is 15.6 Å². The molecule has 0 saturated carbocycles. The Morgan fingerprint density at radius 1 is 1.03 bits per heavy atom. The molecule has 0 unspecified atom stereocenters. The average molecular weight is 492 g/mol. The van der Waals surface area contributed by atoms with Crippen LogP contribution in [0, 0.1) is 0 Å². The second kappa shape index (κ2) is 9.78. The van der Waals surface area contributed by atoms with E-state index in [1.54, 1.807) is 42.5 Å². The molecule has 3 aromatic carbocycles. The summed E-state index contributed by atoms with van der Waals surface area (Å²) in [5, 5.41) is 0.424. The highest BCUT2D eigenvalue weighted by atomic mass is 79.9. The van der Waals surface area contributed by atoms with Crippen LogP contribution in [-0.2, 0) is 0 Å². The van der Waals surface area contributed by atoms with Crippen LogP contribution in [0.4, 0.5) is 0 Å². The Balaban J connectivity index is 1.69. The number of benzene rings is 3. The molecule has 32 heavy (non-hydrogen) atoms. The summed E-state index contributed by atoms with van der Waals surface area (Å²) in [7, 11) is 0. The molecule has 1 heterocycles. The van der Waals surface area contributed by atoms with Crippen LogP contribution in [-0.4, -0.2) is 22.2 Å². The summed E-state index contributed by atoms with van der Waals surface area (Å²) >= 11 is 3.42. The minimum atomic E-state index is -0.414. The molecule has 0 aliphatic carbocycles. The summed E-state index contributed by atoms with van der Waals surface area (Å²) in [5.41, 5.74) is 4.06. The van der Waals surface area contributed by atoms with Gasteiger partial charge in [-0.3, -0.25) is 15.0 Å². The van der Waals surface area contributed by atoms with Crippen molar-refractivity contribution in [3.63, 3.8) is 0 Å². The molecule has 0 radical (unpaired) electrons. The van der Waals surface area contributed by atoms with Crippen LogP contribution in [0.15, 0.2) is 82.1 Å². The Bertz CT molecular complexity index is 1300. The molecule has 1 N–H and O–H groups in total. The van der Waals surface area contributed by atoms with Gasteiger partial charge in [-0.05, 0) is 55.0 Å². The Morgan fingerprint density at radius 2 is 1.75 bits per heavy atom. The molecule has 0 spiro atoms. The number of para-hydroxylation sites is 1. The Morgan fingerprint density at radius 3 is 2.47 bits per heavy atom. The maximum Gasteiger partial charge on any atom is 0.280 e. The van der Waals surface area contributed by atoms with Crippen molar-refractivity contribution in [1.29, 1.82) is 0 Å². The Kier molecular flexibility index (Phi) is 6.66. The van der Waals surface area contributed by atoms with Gasteiger partial charge in [0.25, 0.3) is 11.5 Å². The molecule has 0 fully saturated rings. The highest BCUT2D eigenvalue weighted by Crippen LogP contribution is 2.21. The highest BCUT2D eigenvalue weighted by molar-refractivity contribution is 9.10. The summed E-state index contributed by atoms with van der Waals surface area (Å²) in [4.78, 5) is 30.9. The first-order valence-electron chi connectivity index (χ1n) is 10.4. The molecule has 162 valence electrons. The number of rotatable bonds is 7. The second-order valence-corrected chi connectivity index (χ2v) is 8.18. The largest absolute Gasteiger partial charge is 0.494 e. The molecule has 4 rings (SSSR count). The maximum absolute atomic E-state index is 13.2. The molecule has 0 aliphatic rings. The van der Waals surface area contributed by atoms with Crippen molar-refractivity contribution < 1.29 is 9.53 Å². The molecule has 0 saturated heterocycles. The number of nitrogens with zero attached hydrogens (tertiary/aromatic N) is 2. The van der Waals surface area contributed by atoms with E-state index in [0.29, 0.717) is 40.2 Å². The van der Waals surface area contributed by atoms with E-state index >= 15 is 0 Å². The van der Waals surface area contributed by atoms with Crippen molar-refractivity contribution in [3.8, 4) is 17.1 Å². The molecule has 0 bridgehead atoms. The van der Waals surface area contributed by atoms with Crippen LogP contribution < -0.4 is 15.7 Å². The molecule has 4 aromatic rings. The summed E-state index contributed by atoms with van der Waals surface area (Å²) < 4.78 is 7.76. The van der Waals surface area contributed by atoms with Crippen molar-refractivity contribution in [3.05, 3.63) is 93.2 Å². The predicted molar refractivity (Wildman–Crippen MR) is 130 cm³/mol. The first-order valence-corrected chi connectivity index (χ1v) is 11.2. The van der Waals surface area contributed by atoms with E-state index in [0.717, 1.165) is 17.3 Å². The number of amides is 1. The van der Waals surface area contributed by atoms with Crippen molar-refractivity contribution in [2.24, 2.45) is 0 Å². The van der Waals surface area contributed by atoms with E-state index in [-0.39, 0.29) is 5.56 Å². The second-order valence-electron chi connectivity index (χ2n) is 7.27. The van der Waals surface area contributed by atoms with E-state index in [2.05, 4.69) is 33.3 Å². The molecule has 1 amide bonds. The molecule has 1 aromatic heterocycles. The monoisotopic (exact) mass is 491 g/mol. The molecule has 7 heteroatoms. The third kappa shape index (κ3) is 4.73. The van der Waals surface area contributed by atoms with Gasteiger partial charge in [-0.2, -0.15) is 4.68 Å². The fraction of sp³-hybridized carbons (Fsp3) is 0.160. The number of hydrogen-bond acceptors (Lipinski definition) is 4. The zero-order chi connectivity index (χ0) is 22.5. The number of carbonyl (C=O) groups is 1. The molecular formula is C25H22BrN3O3. The molecule has 0 aliphatic heterocycles. The first-order chi connectivity index (χ1) is 15.6. The lowest BCUT2D eigenvalue weighted by Crippen LogP contribution is -2.35. The number of fused-ring (bicyclic) bond motifs is 1. The smallest absolute Gasteiger partial charge is 0.280 e. The van der Waals surface area contributed by atoms with Crippen molar-refractivity contribution in [2.45, 2.75) is 19.8 Å². The quantitative estimate of drug-likeness (QED) is 0.351. The number of hydrogen-bond donors (Lipinski definition) is 1. The number of aromatic nitrogens is 2. The number of halogens is 1. The number of nitrogens with one attached hydrogen (secondary N) is 1. The van der Waals surface area contributed by atoms with Crippen LogP contribution in [0.2, 0.25) is 0 Å². The fourth-order valence-electron chi connectivity index (χ4n) is 3.23. The third-order valence-electron chi connectivity index (χ3n) is 4.97. The van der Waals surface area contributed by atoms with E-state index in [4.69, 9.17) is 4.74 Å². The van der Waals surface area contributed by atoms with Gasteiger partial charge in [0.2, 0.25) is 0 Å². The van der Waals surface area contributed by atoms with Gasteiger partial charge in [0.05, 0.1) is 17.5 Å². The molecule has 6 nitrogen and oxygen atoms in total. The van der Waals surface area contributed by atoms with Crippen LogP contribution in [0.1, 0.15) is 30.1 Å². The van der Waals surface area contributed by atoms with Crippen LogP contribution in [0.3, 0.4) is 0 Å². The summed E-state index contributed by atoms with van der Waals surface area (Å²) in [5.74, 6) is 0.645. The summed E-state index contributed by atoms with van der Waals surface area (Å²) in [6, 6.07) is 21.3. The Labute approximate surface area is 194 Å². The number of ether oxygens (including phenoxy) is 1. The van der Waals surface area contributed by atoms with E-state index in [9.17, 15) is 9.59 Å². The minimum absolute atomic E-state index is 0.346. The Hall–Kier alpha value is -3.45. The summed E-state index contributed by atoms with van der Waals surface area (Å²) in [6.07, 6.45) is 2.02. The van der Waals surface area contributed by atoms with Gasteiger partial charge >= 0.3 is 0 Å². The highest BCUT2D eigenvalue weighted by Gasteiger charge is 2.16. The zero-order valence-electron chi connectivity index (χ0n) is 17.5. The number of carbonyl (C=O) groups excluding carboxylic acids is 1. The maximum atomic E-state index is 13.2. The standard InChI is InChI=1S/C25H22BrN3O3/c1-2-3-16-32-20-14-10-18(11-15-20)24(30)28-29-23(17-8-12-19(26)13-9-17)27-22-7-5-4-6-21(22)25(29)31/h4-15H,2-3,16H2,1H3,(H,28,30). The third-order valence-corrected chi connectivity index (χ3v) is 5.50. The molecule has 0 atom stereocenters. The van der Waals surface area contributed by atoms with Gasteiger partial charge in [0.15, 0.2) is 5.82 Å². The lowest BCUT2D eigenvalue weighted by atomic mass is 10.2.